The number of hydrogen-bond acceptors (Lipinski definition) is 4. The van der Waals surface area contributed by atoms with Crippen LogP contribution in [0.15, 0.2) is 53.4 Å². The zero-order valence-corrected chi connectivity index (χ0v) is 16.1. The Labute approximate surface area is 156 Å². The van der Waals surface area contributed by atoms with E-state index in [1.807, 2.05) is 37.3 Å². The molecule has 0 heterocycles. The average Bonchev–Trinajstić information content (AvgIpc) is 2.62. The number of aliphatic hydroxyl groups is 1. The van der Waals surface area contributed by atoms with Crippen LogP contribution < -0.4 is 0 Å². The van der Waals surface area contributed by atoms with Crippen molar-refractivity contribution in [3.8, 4) is 0 Å². The highest BCUT2D eigenvalue weighted by atomic mass is 32.2. The van der Waals surface area contributed by atoms with E-state index in [2.05, 4.69) is 0 Å². The van der Waals surface area contributed by atoms with Crippen molar-refractivity contribution >= 4 is 10.1 Å². The summed E-state index contributed by atoms with van der Waals surface area (Å²) in [5, 5.41) is 11.8. The summed E-state index contributed by atoms with van der Waals surface area (Å²) in [6.07, 6.45) is 3.23. The van der Waals surface area contributed by atoms with Crippen LogP contribution in [0.1, 0.15) is 55.2 Å². The van der Waals surface area contributed by atoms with E-state index in [1.165, 1.54) is 0 Å². The molecular formula is C21H26O4S. The van der Waals surface area contributed by atoms with Crippen LogP contribution in [0, 0.1) is 6.92 Å². The minimum atomic E-state index is -3.91. The first-order valence-electron chi connectivity index (χ1n) is 9.16. The molecule has 2 unspecified atom stereocenters. The van der Waals surface area contributed by atoms with Gasteiger partial charge < -0.3 is 5.11 Å². The summed E-state index contributed by atoms with van der Waals surface area (Å²) < 4.78 is 30.4. The Bertz CT molecular complexity index is 861. The summed E-state index contributed by atoms with van der Waals surface area (Å²) >= 11 is 0. The molecule has 0 saturated heterocycles. The third kappa shape index (κ3) is 3.56. The predicted molar refractivity (Wildman–Crippen MR) is 102 cm³/mol. The smallest absolute Gasteiger partial charge is 0.297 e. The largest absolute Gasteiger partial charge is 0.384 e. The summed E-state index contributed by atoms with van der Waals surface area (Å²) in [6, 6.07) is 15.0. The van der Waals surface area contributed by atoms with Crippen LogP contribution >= 0.6 is 0 Å². The van der Waals surface area contributed by atoms with E-state index in [0.717, 1.165) is 30.4 Å². The molecule has 1 N–H and O–H groups in total. The molecule has 1 saturated carbocycles. The molecule has 1 fully saturated rings. The molecule has 26 heavy (non-hydrogen) atoms. The fourth-order valence-corrected chi connectivity index (χ4v) is 5.20. The molecule has 0 amide bonds. The number of aryl methyl sites for hydroxylation is 1. The Morgan fingerprint density at radius 1 is 1.15 bits per heavy atom. The van der Waals surface area contributed by atoms with Gasteiger partial charge in [-0.25, -0.2) is 0 Å². The molecule has 0 spiro atoms. The van der Waals surface area contributed by atoms with E-state index in [1.54, 1.807) is 25.1 Å². The number of rotatable bonds is 5. The van der Waals surface area contributed by atoms with E-state index < -0.39 is 15.7 Å². The van der Waals surface area contributed by atoms with E-state index in [0.29, 0.717) is 12.0 Å². The highest BCUT2D eigenvalue weighted by Crippen LogP contribution is 2.49. The molecule has 0 radical (unpaired) electrons. The van der Waals surface area contributed by atoms with Gasteiger partial charge in [0.2, 0.25) is 0 Å². The Kier molecular flexibility index (Phi) is 5.51. The van der Waals surface area contributed by atoms with Crippen LogP contribution in [0.5, 0.6) is 0 Å². The maximum absolute atomic E-state index is 12.7. The zero-order chi connectivity index (χ0) is 18.8. The summed E-state index contributed by atoms with van der Waals surface area (Å²) in [7, 11) is -3.91. The molecule has 140 valence electrons. The predicted octanol–water partition coefficient (Wildman–Crippen LogP) is 4.27. The van der Waals surface area contributed by atoms with Crippen molar-refractivity contribution in [1.82, 2.24) is 0 Å². The fraction of sp³-hybridized carbons (Fsp3) is 0.429. The second-order valence-corrected chi connectivity index (χ2v) is 8.58. The van der Waals surface area contributed by atoms with Crippen molar-refractivity contribution in [2.75, 3.05) is 6.61 Å². The van der Waals surface area contributed by atoms with E-state index >= 15 is 0 Å². The number of benzene rings is 2. The first kappa shape index (κ1) is 19.1. The molecule has 4 nitrogen and oxygen atoms in total. The normalized spacial score (nSPS) is 23.7. The summed E-state index contributed by atoms with van der Waals surface area (Å²) in [4.78, 5) is 0.0790. The third-order valence-corrected chi connectivity index (χ3v) is 6.66. The SMILES string of the molecule is CCOS(=O)(=O)c1ccc(C)cc1C1(O)CCCCC1c1ccccc1. The van der Waals surface area contributed by atoms with E-state index in [9.17, 15) is 13.5 Å². The molecule has 2 aromatic rings. The van der Waals surface area contributed by atoms with E-state index in [4.69, 9.17) is 4.18 Å². The molecule has 2 aromatic carbocycles. The molecule has 2 atom stereocenters. The van der Waals surface area contributed by atoms with Gasteiger partial charge in [-0.2, -0.15) is 8.42 Å². The maximum Gasteiger partial charge on any atom is 0.297 e. The van der Waals surface area contributed by atoms with Gasteiger partial charge in [0.05, 0.1) is 12.2 Å². The molecule has 1 aliphatic carbocycles. The van der Waals surface area contributed by atoms with Gasteiger partial charge in [0.25, 0.3) is 10.1 Å². The number of hydrogen-bond donors (Lipinski definition) is 1. The van der Waals surface area contributed by atoms with Crippen molar-refractivity contribution in [2.45, 2.75) is 55.9 Å². The first-order valence-corrected chi connectivity index (χ1v) is 10.6. The van der Waals surface area contributed by atoms with Gasteiger partial charge in [-0.3, -0.25) is 4.18 Å². The van der Waals surface area contributed by atoms with Gasteiger partial charge in [-0.15, -0.1) is 0 Å². The quantitative estimate of drug-likeness (QED) is 0.794. The minimum Gasteiger partial charge on any atom is -0.384 e. The van der Waals surface area contributed by atoms with Crippen LogP contribution in [-0.2, 0) is 19.9 Å². The van der Waals surface area contributed by atoms with Crippen LogP contribution in [0.3, 0.4) is 0 Å². The molecule has 0 bridgehead atoms. The van der Waals surface area contributed by atoms with Gasteiger partial charge in [0.1, 0.15) is 4.90 Å². The molecule has 5 heteroatoms. The lowest BCUT2D eigenvalue weighted by atomic mass is 9.68. The standard InChI is InChI=1S/C21H26O4S/c1-3-25-26(23,24)20-13-12-16(2)15-19(20)21(22)14-8-7-11-18(21)17-9-5-4-6-10-17/h4-6,9-10,12-13,15,18,22H,3,7-8,11,14H2,1-2H3. The van der Waals surface area contributed by atoms with Crippen molar-refractivity contribution < 1.29 is 17.7 Å². The molecule has 0 aromatic heterocycles. The van der Waals surface area contributed by atoms with Crippen LogP contribution in [0.2, 0.25) is 0 Å². The summed E-state index contributed by atoms with van der Waals surface area (Å²) in [5.41, 5.74) is 1.18. The van der Waals surface area contributed by atoms with Gasteiger partial charge in [-0.05, 0) is 38.3 Å². The molecule has 1 aliphatic rings. The highest BCUT2D eigenvalue weighted by Gasteiger charge is 2.44. The Hall–Kier alpha value is -1.69. The van der Waals surface area contributed by atoms with Crippen LogP contribution in [0.4, 0.5) is 0 Å². The summed E-state index contributed by atoms with van der Waals surface area (Å²) in [6.45, 7) is 3.62. The topological polar surface area (TPSA) is 63.6 Å². The van der Waals surface area contributed by atoms with Gasteiger partial charge in [-0.1, -0.05) is 60.9 Å². The molecule has 0 aliphatic heterocycles. The third-order valence-electron chi connectivity index (χ3n) is 5.22. The van der Waals surface area contributed by atoms with Gasteiger partial charge in [0.15, 0.2) is 0 Å². The Morgan fingerprint density at radius 3 is 2.58 bits per heavy atom. The fourth-order valence-electron chi connectivity index (χ4n) is 4.02. The van der Waals surface area contributed by atoms with Crippen LogP contribution in [-0.4, -0.2) is 20.1 Å². The lowest BCUT2D eigenvalue weighted by molar-refractivity contribution is -0.0251. The second-order valence-electron chi connectivity index (χ2n) is 6.99. The Morgan fingerprint density at radius 2 is 1.88 bits per heavy atom. The highest BCUT2D eigenvalue weighted by molar-refractivity contribution is 7.86. The summed E-state index contributed by atoms with van der Waals surface area (Å²) in [5.74, 6) is -0.144. The maximum atomic E-state index is 12.7. The van der Waals surface area contributed by atoms with Crippen molar-refractivity contribution in [3.05, 3.63) is 65.2 Å². The first-order chi connectivity index (χ1) is 12.4. The van der Waals surface area contributed by atoms with Crippen molar-refractivity contribution in [1.29, 1.82) is 0 Å². The van der Waals surface area contributed by atoms with Gasteiger partial charge >= 0.3 is 0 Å². The van der Waals surface area contributed by atoms with Crippen molar-refractivity contribution in [3.63, 3.8) is 0 Å². The van der Waals surface area contributed by atoms with Gasteiger partial charge in [0, 0.05) is 11.5 Å². The van der Waals surface area contributed by atoms with Crippen LogP contribution in [0.25, 0.3) is 0 Å². The average molecular weight is 375 g/mol. The lowest BCUT2D eigenvalue weighted by Gasteiger charge is -2.41. The monoisotopic (exact) mass is 374 g/mol. The minimum absolute atomic E-state index is 0.0657. The molecule has 3 rings (SSSR count). The van der Waals surface area contributed by atoms with Crippen molar-refractivity contribution in [2.24, 2.45) is 0 Å². The Balaban J connectivity index is 2.18. The second kappa shape index (κ2) is 7.51. The zero-order valence-electron chi connectivity index (χ0n) is 15.3. The van der Waals surface area contributed by atoms with E-state index in [-0.39, 0.29) is 17.4 Å². The lowest BCUT2D eigenvalue weighted by Crippen LogP contribution is -2.38. The molecular weight excluding hydrogens is 348 g/mol.